The van der Waals surface area contributed by atoms with Crippen LogP contribution in [0.1, 0.15) is 69.2 Å². The summed E-state index contributed by atoms with van der Waals surface area (Å²) < 4.78 is 0. The van der Waals surface area contributed by atoms with Crippen molar-refractivity contribution in [1.82, 2.24) is 15.2 Å². The number of hydrogen-bond acceptors (Lipinski definition) is 6. The molecule has 2 heterocycles. The van der Waals surface area contributed by atoms with Crippen molar-refractivity contribution in [3.8, 4) is 10.4 Å². The SMILES string of the molecule is CC1CCCN1C(=O)C(N)C1CCCCC1.Cc1ncsc1-c1ccc(C(CO)NC=O)cc1. The van der Waals surface area contributed by atoms with Gasteiger partial charge in [-0.1, -0.05) is 43.5 Å². The standard InChI is InChI=1S/C13H14N2O2S.C13H24N2O/c1-9-13(18-8-15-9)11-4-2-10(3-5-11)12(6-16)14-7-17;1-10-6-5-9-15(10)13(16)12(14)11-7-3-2-4-8-11/h2-5,7-8,12,16H,6H2,1H3,(H,14,17);10-12H,2-9,14H2,1H3. The predicted molar refractivity (Wildman–Crippen MR) is 136 cm³/mol. The van der Waals surface area contributed by atoms with Gasteiger partial charge in [0, 0.05) is 12.6 Å². The third-order valence-corrected chi connectivity index (χ3v) is 8.03. The Balaban J connectivity index is 0.000000192. The highest BCUT2D eigenvalue weighted by molar-refractivity contribution is 7.13. The van der Waals surface area contributed by atoms with E-state index in [4.69, 9.17) is 5.73 Å². The van der Waals surface area contributed by atoms with Crippen molar-refractivity contribution in [3.05, 3.63) is 41.0 Å². The molecule has 4 rings (SSSR count). The third-order valence-electron chi connectivity index (χ3n) is 7.05. The van der Waals surface area contributed by atoms with Crippen LogP contribution in [0, 0.1) is 12.8 Å². The maximum Gasteiger partial charge on any atom is 0.240 e. The number of aliphatic hydroxyl groups excluding tert-OH is 1. The van der Waals surface area contributed by atoms with Gasteiger partial charge in [-0.25, -0.2) is 4.98 Å². The number of benzene rings is 1. The van der Waals surface area contributed by atoms with Gasteiger partial charge in [0.25, 0.3) is 0 Å². The molecular weight excluding hydrogens is 448 g/mol. The van der Waals surface area contributed by atoms with E-state index in [1.807, 2.05) is 41.6 Å². The third kappa shape index (κ3) is 6.64. The second-order valence-corrected chi connectivity index (χ2v) is 10.2. The summed E-state index contributed by atoms with van der Waals surface area (Å²) in [5.41, 5.74) is 11.0. The van der Waals surface area contributed by atoms with E-state index in [2.05, 4.69) is 17.2 Å². The van der Waals surface area contributed by atoms with Gasteiger partial charge < -0.3 is 21.1 Å². The minimum Gasteiger partial charge on any atom is -0.394 e. The van der Waals surface area contributed by atoms with Gasteiger partial charge in [-0.3, -0.25) is 9.59 Å². The zero-order valence-corrected chi connectivity index (χ0v) is 21.1. The Labute approximate surface area is 206 Å². The number of likely N-dealkylation sites (tertiary alicyclic amines) is 1. The molecule has 1 aromatic carbocycles. The van der Waals surface area contributed by atoms with Gasteiger partial charge in [-0.2, -0.15) is 0 Å². The smallest absolute Gasteiger partial charge is 0.240 e. The van der Waals surface area contributed by atoms with Crippen molar-refractivity contribution in [1.29, 1.82) is 0 Å². The zero-order valence-electron chi connectivity index (χ0n) is 20.3. The molecule has 7 nitrogen and oxygen atoms in total. The molecule has 2 aromatic rings. The highest BCUT2D eigenvalue weighted by Crippen LogP contribution is 2.29. The number of aryl methyl sites for hydroxylation is 1. The molecule has 8 heteroatoms. The number of carbonyl (C=O) groups excluding carboxylic acids is 2. The van der Waals surface area contributed by atoms with Crippen molar-refractivity contribution < 1.29 is 14.7 Å². The van der Waals surface area contributed by atoms with Crippen molar-refractivity contribution >= 4 is 23.7 Å². The summed E-state index contributed by atoms with van der Waals surface area (Å²) in [6.07, 6.45) is 9.00. The highest BCUT2D eigenvalue weighted by Gasteiger charge is 2.33. The van der Waals surface area contributed by atoms with Gasteiger partial charge in [0.2, 0.25) is 12.3 Å². The molecule has 4 N–H and O–H groups in total. The second-order valence-electron chi connectivity index (χ2n) is 9.36. The maximum atomic E-state index is 12.3. The van der Waals surface area contributed by atoms with Crippen LogP contribution in [-0.2, 0) is 9.59 Å². The summed E-state index contributed by atoms with van der Waals surface area (Å²) in [5.74, 6) is 0.644. The molecule has 0 radical (unpaired) electrons. The van der Waals surface area contributed by atoms with Crippen LogP contribution in [0.2, 0.25) is 0 Å². The normalized spacial score (nSPS) is 20.2. The number of nitrogens with one attached hydrogen (secondary N) is 1. The molecule has 0 spiro atoms. The molecule has 2 fully saturated rings. The Morgan fingerprint density at radius 3 is 2.47 bits per heavy atom. The predicted octanol–water partition coefficient (Wildman–Crippen LogP) is 3.80. The number of hydrogen-bond donors (Lipinski definition) is 3. The lowest BCUT2D eigenvalue weighted by Crippen LogP contribution is -2.49. The summed E-state index contributed by atoms with van der Waals surface area (Å²) in [4.78, 5) is 30.0. The zero-order chi connectivity index (χ0) is 24.5. The minimum absolute atomic E-state index is 0.113. The molecule has 3 atom stereocenters. The Kier molecular flexibility index (Phi) is 10.0. The van der Waals surface area contributed by atoms with E-state index in [0.29, 0.717) is 18.4 Å². The number of nitrogens with zero attached hydrogens (tertiary/aromatic N) is 2. The Bertz CT molecular complexity index is 911. The van der Waals surface area contributed by atoms with Crippen LogP contribution >= 0.6 is 11.3 Å². The molecule has 2 aliphatic rings. The number of amides is 2. The van der Waals surface area contributed by atoms with Crippen LogP contribution in [-0.4, -0.2) is 52.5 Å². The average Bonchev–Trinajstić information content (AvgIpc) is 3.50. The lowest BCUT2D eigenvalue weighted by molar-refractivity contribution is -0.134. The largest absolute Gasteiger partial charge is 0.394 e. The maximum absolute atomic E-state index is 12.3. The summed E-state index contributed by atoms with van der Waals surface area (Å²) in [5, 5.41) is 11.8. The van der Waals surface area contributed by atoms with Crippen molar-refractivity contribution in [2.45, 2.75) is 76.9 Å². The highest BCUT2D eigenvalue weighted by atomic mass is 32.1. The van der Waals surface area contributed by atoms with Gasteiger partial charge in [0.05, 0.1) is 34.8 Å². The first-order valence-corrected chi connectivity index (χ1v) is 13.2. The first kappa shape index (κ1) is 26.3. The number of thiazole rings is 1. The van der Waals surface area contributed by atoms with Crippen LogP contribution in [0.25, 0.3) is 10.4 Å². The summed E-state index contributed by atoms with van der Waals surface area (Å²) in [6.45, 7) is 4.92. The van der Waals surface area contributed by atoms with Crippen molar-refractivity contribution in [2.24, 2.45) is 11.7 Å². The van der Waals surface area contributed by atoms with Crippen molar-refractivity contribution in [2.75, 3.05) is 13.2 Å². The van der Waals surface area contributed by atoms with E-state index in [9.17, 15) is 14.7 Å². The molecule has 34 heavy (non-hydrogen) atoms. The molecule has 1 aliphatic carbocycles. The fourth-order valence-corrected chi connectivity index (χ4v) is 5.74. The molecule has 1 saturated heterocycles. The number of nitrogens with two attached hydrogens (primary N) is 1. The van der Waals surface area contributed by atoms with E-state index >= 15 is 0 Å². The Morgan fingerprint density at radius 2 is 1.94 bits per heavy atom. The summed E-state index contributed by atoms with van der Waals surface area (Å²) in [7, 11) is 0. The van der Waals surface area contributed by atoms with E-state index in [0.717, 1.165) is 53.9 Å². The fraction of sp³-hybridized carbons (Fsp3) is 0.577. The monoisotopic (exact) mass is 486 g/mol. The van der Waals surface area contributed by atoms with Gasteiger partial charge in [-0.05, 0) is 56.6 Å². The molecule has 186 valence electrons. The summed E-state index contributed by atoms with van der Waals surface area (Å²) in [6, 6.07) is 7.59. The van der Waals surface area contributed by atoms with Gasteiger partial charge in [-0.15, -0.1) is 11.3 Å². The minimum atomic E-state index is -0.348. The Morgan fingerprint density at radius 1 is 1.24 bits per heavy atom. The van der Waals surface area contributed by atoms with Crippen LogP contribution in [0.15, 0.2) is 29.8 Å². The number of aromatic nitrogens is 1. The number of aliphatic hydroxyl groups is 1. The quantitative estimate of drug-likeness (QED) is 0.516. The van der Waals surface area contributed by atoms with Crippen LogP contribution in [0.3, 0.4) is 0 Å². The van der Waals surface area contributed by atoms with Gasteiger partial charge >= 0.3 is 0 Å². The first-order chi connectivity index (χ1) is 16.5. The first-order valence-electron chi connectivity index (χ1n) is 12.3. The lowest BCUT2D eigenvalue weighted by Gasteiger charge is -2.31. The van der Waals surface area contributed by atoms with Crippen LogP contribution < -0.4 is 11.1 Å². The van der Waals surface area contributed by atoms with E-state index in [1.54, 1.807) is 11.3 Å². The molecule has 2 amide bonds. The van der Waals surface area contributed by atoms with E-state index in [-0.39, 0.29) is 24.6 Å². The molecule has 1 aromatic heterocycles. The molecule has 1 aliphatic heterocycles. The lowest BCUT2D eigenvalue weighted by atomic mass is 9.83. The van der Waals surface area contributed by atoms with Gasteiger partial charge in [0.1, 0.15) is 0 Å². The second kappa shape index (κ2) is 13.0. The topological polar surface area (TPSA) is 109 Å². The molecule has 0 bridgehead atoms. The Hall–Kier alpha value is -2.29. The van der Waals surface area contributed by atoms with Crippen LogP contribution in [0.5, 0.6) is 0 Å². The van der Waals surface area contributed by atoms with E-state index in [1.165, 1.54) is 19.3 Å². The molecule has 1 saturated carbocycles. The van der Waals surface area contributed by atoms with Crippen molar-refractivity contribution in [3.63, 3.8) is 0 Å². The molecular formula is C26H38N4O3S. The van der Waals surface area contributed by atoms with Gasteiger partial charge in [0.15, 0.2) is 0 Å². The van der Waals surface area contributed by atoms with E-state index < -0.39 is 0 Å². The fourth-order valence-electron chi connectivity index (χ4n) is 4.93. The average molecular weight is 487 g/mol. The van der Waals surface area contributed by atoms with Crippen LogP contribution in [0.4, 0.5) is 0 Å². The summed E-state index contributed by atoms with van der Waals surface area (Å²) >= 11 is 1.60. The molecule has 3 unspecified atom stereocenters. The number of rotatable bonds is 7. The number of carbonyl (C=O) groups is 2.